The fourth-order valence-corrected chi connectivity index (χ4v) is 13.0. The zero-order chi connectivity index (χ0) is 77.7. The summed E-state index contributed by atoms with van der Waals surface area (Å²) < 4.78 is 90.0. The van der Waals surface area contributed by atoms with Crippen molar-refractivity contribution in [1.29, 1.82) is 0 Å². The Kier molecular flexibility index (Phi) is 30.9. The number of hydrogen-bond donors (Lipinski definition) is 4. The number of carbonyl (C=O) groups is 5. The van der Waals surface area contributed by atoms with Gasteiger partial charge in [0.05, 0.1) is 57.7 Å². The van der Waals surface area contributed by atoms with E-state index in [4.69, 9.17) is 19.9 Å². The quantitative estimate of drug-likeness (QED) is 0.0540. The molecule has 0 unspecified atom stereocenters. The van der Waals surface area contributed by atoms with Crippen LogP contribution in [0.4, 0.5) is 28.9 Å². The number of carboxylic acid groups (broad SMARTS) is 1. The van der Waals surface area contributed by atoms with Gasteiger partial charge in [0.1, 0.15) is 86.5 Å². The van der Waals surface area contributed by atoms with E-state index in [9.17, 15) is 43.5 Å². The number of anilines is 2. The number of ether oxygens (including phenoxy) is 4. The molecule has 0 saturated carbocycles. The molecule has 9 aromatic heterocycles. The molecule has 11 heterocycles. The number of pyridine rings is 3. The summed E-state index contributed by atoms with van der Waals surface area (Å²) in [4.78, 5) is 130. The second-order valence-corrected chi connectivity index (χ2v) is 26.0. The number of nitrogens with two attached hydrogens (primary N) is 1. The van der Waals surface area contributed by atoms with Gasteiger partial charge < -0.3 is 82.6 Å². The summed E-state index contributed by atoms with van der Waals surface area (Å²) in [5.74, 6) is -9.31. The number of morpholine rings is 2. The fourth-order valence-electron chi connectivity index (χ4n) is 13.0. The average Bonchev–Trinajstić information content (AvgIpc) is 1.73. The monoisotopic (exact) mass is 1580 g/mol. The number of aryl methyl sites for hydroxylation is 6. The number of esters is 2. The molecule has 2 amide bonds. The molecule has 0 bridgehead atoms. The predicted octanol–water partition coefficient (Wildman–Crippen LogP) is 3.72. The van der Waals surface area contributed by atoms with Crippen molar-refractivity contribution in [3.63, 3.8) is 0 Å². The number of hydrogen-bond acceptors (Lipinski definition) is 22. The van der Waals surface area contributed by atoms with Crippen LogP contribution in [0.5, 0.6) is 0 Å². The van der Waals surface area contributed by atoms with E-state index in [-0.39, 0.29) is 110 Å². The van der Waals surface area contributed by atoms with Gasteiger partial charge in [0.25, 0.3) is 28.5 Å². The zero-order valence-corrected chi connectivity index (χ0v) is 63.1. The molecule has 2 aromatic carbocycles. The average molecular weight is 1580 g/mol. The van der Waals surface area contributed by atoms with Crippen LogP contribution in [0.1, 0.15) is 83.6 Å². The summed E-state index contributed by atoms with van der Waals surface area (Å²) in [6.07, 6.45) is 14.5. The minimum Gasteiger partial charge on any atom is -0.870 e. The number of carboxylic acids is 1. The van der Waals surface area contributed by atoms with Gasteiger partial charge in [0.15, 0.2) is 0 Å². The molecule has 2 fully saturated rings. The van der Waals surface area contributed by atoms with Crippen molar-refractivity contribution in [2.45, 2.75) is 98.9 Å². The number of halogens is 5. The van der Waals surface area contributed by atoms with Crippen molar-refractivity contribution in [3.05, 3.63) is 216 Å². The standard InChI is InChI=1S/C29H30F2N6O5.C28H28F2N6O5.C17H19N5O3.2CH4.ClH.Li.H2O/c1-16-14-35(3)28(39)25(33-16)20-6-5-18(37-8-7-32-26(20)37)13-23(29(40)41-4)34-27(38)24-21(30)11-19(12-22(24)31)36-9-10-42-15-17(36)2;1-15-13-34(3)27(38)24(32-15)19-5-4-17(36-7-6-31-25(19)36)12-22(28(39)40)33-26(37)23-20(29)10-18(11-21(23)30)35-8-9-41-14-16(35)2;1-10-9-21(2)16(23)14(20-10)12-5-4-11(8-13(18)17(24)25-3)22-7-6-19-15(12)22;;;;;/h5-8,11-12,14,17,23H,9-10,13,15H2,1-4H3,(H,34,38);4-7,10-11,13,16,22H,8-9,12,14H2,1-3H3,(H,33,37)(H,39,40);4-7,9,13H,8,18H2,1-3H3;2*1H4;1H;;1H2/q;;;;;;+1;/p-1/t17-,23+;16-,22+;13-;;;;;/m110...../s1. The molecule has 11 aromatic rings. The molecule has 2 saturated heterocycles. The Morgan fingerprint density at radius 2 is 0.867 bits per heavy atom. The molecule has 113 heavy (non-hydrogen) atoms. The van der Waals surface area contributed by atoms with Gasteiger partial charge in [-0.25, -0.2) is 57.1 Å². The third-order valence-electron chi connectivity index (χ3n) is 18.3. The molecule has 596 valence electrons. The Labute approximate surface area is 663 Å². The van der Waals surface area contributed by atoms with E-state index in [1.807, 2.05) is 31.2 Å². The van der Waals surface area contributed by atoms with E-state index < -0.39 is 82.2 Å². The van der Waals surface area contributed by atoms with Crippen LogP contribution in [0, 0.1) is 44.0 Å². The van der Waals surface area contributed by atoms with E-state index >= 15 is 17.6 Å². The van der Waals surface area contributed by atoms with Crippen molar-refractivity contribution in [3.8, 4) is 33.8 Å². The minimum atomic E-state index is -1.53. The number of rotatable bonds is 18. The second-order valence-electron chi connectivity index (χ2n) is 26.0. The normalized spacial score (nSPS) is 14.5. The summed E-state index contributed by atoms with van der Waals surface area (Å²) in [7, 11) is 7.38. The van der Waals surface area contributed by atoms with E-state index in [1.54, 1.807) is 127 Å². The Bertz CT molecular complexity index is 5480. The molecule has 2 aliphatic rings. The Morgan fingerprint density at radius 3 is 1.19 bits per heavy atom. The Hall–Kier alpha value is -11.5. The topological polar surface area (TPSA) is 386 Å². The maximum Gasteiger partial charge on any atom is 1.00 e. The van der Waals surface area contributed by atoms with Gasteiger partial charge >= 0.3 is 36.8 Å². The van der Waals surface area contributed by atoms with Crippen LogP contribution in [0.15, 0.2) is 131 Å². The van der Waals surface area contributed by atoms with Crippen molar-refractivity contribution >= 4 is 70.4 Å². The molecule has 0 spiro atoms. The van der Waals surface area contributed by atoms with E-state index in [1.165, 1.54) is 33.2 Å². The molecule has 37 heteroatoms. The van der Waals surface area contributed by atoms with E-state index in [0.717, 1.165) is 42.8 Å². The number of aromatic nitrogens is 12. The molecule has 6 N–H and O–H groups in total. The number of amides is 2. The van der Waals surface area contributed by atoms with E-state index in [2.05, 4.69) is 45.3 Å². The van der Waals surface area contributed by atoms with Crippen LogP contribution >= 0.6 is 12.4 Å². The molecule has 31 nitrogen and oxygen atoms in total. The van der Waals surface area contributed by atoms with Crippen LogP contribution in [-0.2, 0) is 73.7 Å². The van der Waals surface area contributed by atoms with Gasteiger partial charge in [-0.1, -0.05) is 14.9 Å². The van der Waals surface area contributed by atoms with Gasteiger partial charge in [-0.3, -0.25) is 28.8 Å². The maximum atomic E-state index is 15.1. The van der Waals surface area contributed by atoms with Crippen LogP contribution in [0.2, 0.25) is 0 Å². The van der Waals surface area contributed by atoms with Crippen LogP contribution in [-0.4, -0.2) is 181 Å². The number of benzene rings is 2. The number of fused-ring (bicyclic) bond motifs is 3. The summed E-state index contributed by atoms with van der Waals surface area (Å²) in [6, 6.07) is 10.6. The van der Waals surface area contributed by atoms with Crippen molar-refractivity contribution in [2.75, 3.05) is 63.5 Å². The third-order valence-corrected chi connectivity index (χ3v) is 18.3. The molecular weight excluding hydrogens is 1490 g/mol. The molecule has 0 radical (unpaired) electrons. The minimum absolute atomic E-state index is 0. The fraction of sp³-hybridized carbons (Fsp3) is 0.342. The first kappa shape index (κ1) is 90.4. The van der Waals surface area contributed by atoms with E-state index in [0.29, 0.717) is 114 Å². The summed E-state index contributed by atoms with van der Waals surface area (Å²) in [5.41, 5.74) is 11.3. The number of carbonyl (C=O) groups excluding carboxylic acids is 4. The predicted molar refractivity (Wildman–Crippen MR) is 409 cm³/mol. The first-order valence-electron chi connectivity index (χ1n) is 34.0. The summed E-state index contributed by atoms with van der Waals surface area (Å²) in [5, 5.41) is 14.5. The number of nitrogens with zero attached hydrogens (tertiary/aromatic N) is 14. The molecule has 0 aliphatic carbocycles. The third kappa shape index (κ3) is 19.5. The second kappa shape index (κ2) is 38.7. The van der Waals surface area contributed by atoms with Gasteiger partial charge in [0.2, 0.25) is 0 Å². The molecule has 5 atom stereocenters. The zero-order valence-electron chi connectivity index (χ0n) is 62.3. The van der Waals surface area contributed by atoms with Gasteiger partial charge in [-0.05, 0) is 95.3 Å². The summed E-state index contributed by atoms with van der Waals surface area (Å²) >= 11 is 0. The van der Waals surface area contributed by atoms with Crippen LogP contribution in [0.25, 0.3) is 50.7 Å². The van der Waals surface area contributed by atoms with Crippen LogP contribution < -0.4 is 61.7 Å². The number of aliphatic carboxylic acids is 1. The largest absolute Gasteiger partial charge is 1.00 e. The van der Waals surface area contributed by atoms with Crippen LogP contribution in [0.3, 0.4) is 0 Å². The molecule has 13 rings (SSSR count). The Morgan fingerprint density at radius 1 is 0.549 bits per heavy atom. The van der Waals surface area contributed by atoms with Gasteiger partial charge in [0, 0.05) is 166 Å². The first-order valence-corrected chi connectivity index (χ1v) is 34.0. The number of methoxy groups -OCH3 is 2. The number of imidazole rings is 3. The SMILES string of the molecule is C.C.COC(=O)[C@@H](N)Cc1ccc(-c2nc(C)cn(C)c2=O)c2nccn12.COC(=O)[C@H](Cc1ccc(-c2nc(C)cn(C)c2=O)c2nccn12)NC(=O)c1c(F)cc(N2CCOC[C@H]2C)cc1F.Cc1cn(C)c(=O)c(-c2ccc(C[C@H](NC(=O)c3c(F)cc(N4CCOC[C@H]4C)cc3F)C(=O)O)n3ccnc23)n1.Cl.[Li+].[OH-]. The summed E-state index contributed by atoms with van der Waals surface area (Å²) in [6.45, 7) is 11.6. The molecular formula is C76H87ClF4LiN17O14. The van der Waals surface area contributed by atoms with Gasteiger partial charge in [-0.2, -0.15) is 0 Å². The van der Waals surface area contributed by atoms with Gasteiger partial charge in [-0.15, -0.1) is 12.4 Å². The maximum absolute atomic E-state index is 15.1. The smallest absolute Gasteiger partial charge is 0.870 e. The molecule has 2 aliphatic heterocycles. The number of nitrogens with one attached hydrogen (secondary N) is 2. The van der Waals surface area contributed by atoms with Crippen molar-refractivity contribution in [2.24, 2.45) is 26.9 Å². The Balaban J connectivity index is 0.000000266. The van der Waals surface area contributed by atoms with Crippen molar-refractivity contribution < 1.29 is 89.9 Å². The van der Waals surface area contributed by atoms with Crippen molar-refractivity contribution in [1.82, 2.24) is 67.4 Å². The first-order chi connectivity index (χ1) is 51.5.